The first-order valence-corrected chi connectivity index (χ1v) is 9.21. The van der Waals surface area contributed by atoms with Crippen LogP contribution >= 0.6 is 11.6 Å². The van der Waals surface area contributed by atoms with Crippen LogP contribution in [0.2, 0.25) is 5.02 Å². The molecule has 8 heteroatoms. The highest BCUT2D eigenvalue weighted by Gasteiger charge is 2.18. The molecular formula is C20H22ClNO6. The minimum atomic E-state index is -0.885. The van der Waals surface area contributed by atoms with Gasteiger partial charge in [0.2, 0.25) is 6.79 Å². The monoisotopic (exact) mass is 407 g/mol. The lowest BCUT2D eigenvalue weighted by atomic mass is 10.2. The maximum absolute atomic E-state index is 12.2. The first-order chi connectivity index (χ1) is 13.4. The van der Waals surface area contributed by atoms with Crippen LogP contribution in [-0.4, -0.2) is 43.2 Å². The Bertz CT molecular complexity index is 843. The molecule has 1 amide bonds. The van der Waals surface area contributed by atoms with Gasteiger partial charge in [-0.3, -0.25) is 4.79 Å². The van der Waals surface area contributed by atoms with Crippen LogP contribution < -0.4 is 24.3 Å². The van der Waals surface area contributed by atoms with Crippen LogP contribution in [-0.2, 0) is 4.79 Å². The Morgan fingerprint density at radius 2 is 2.04 bits per heavy atom. The van der Waals surface area contributed by atoms with Crippen molar-refractivity contribution in [2.75, 3.05) is 19.9 Å². The average molecular weight is 408 g/mol. The normalized spacial score (nSPS) is 14.3. The van der Waals surface area contributed by atoms with Crippen molar-refractivity contribution in [1.29, 1.82) is 0 Å². The van der Waals surface area contributed by atoms with Gasteiger partial charge in [0.25, 0.3) is 5.91 Å². The summed E-state index contributed by atoms with van der Waals surface area (Å²) >= 11 is 6.08. The first-order valence-electron chi connectivity index (χ1n) is 8.83. The highest BCUT2D eigenvalue weighted by Crippen LogP contribution is 2.35. The molecule has 0 radical (unpaired) electrons. The highest BCUT2D eigenvalue weighted by molar-refractivity contribution is 6.32. The fourth-order valence-corrected chi connectivity index (χ4v) is 2.69. The molecule has 0 aliphatic carbocycles. The fourth-order valence-electron chi connectivity index (χ4n) is 2.52. The number of amides is 1. The highest BCUT2D eigenvalue weighted by atomic mass is 35.5. The van der Waals surface area contributed by atoms with Crippen molar-refractivity contribution < 1.29 is 28.8 Å². The number of fused-ring (bicyclic) bond motifs is 1. The van der Waals surface area contributed by atoms with Crippen molar-refractivity contribution in [3.63, 3.8) is 0 Å². The maximum Gasteiger partial charge on any atom is 0.260 e. The lowest BCUT2D eigenvalue weighted by Gasteiger charge is -2.18. The van der Waals surface area contributed by atoms with Gasteiger partial charge in [0.05, 0.1) is 5.02 Å². The van der Waals surface area contributed by atoms with Gasteiger partial charge in [-0.25, -0.2) is 0 Å². The molecule has 2 aromatic carbocycles. The number of benzene rings is 2. The second-order valence-corrected chi connectivity index (χ2v) is 6.83. The van der Waals surface area contributed by atoms with Gasteiger partial charge in [0, 0.05) is 12.6 Å². The minimum absolute atomic E-state index is 0.0128. The molecule has 0 saturated carbocycles. The van der Waals surface area contributed by atoms with E-state index in [1.807, 2.05) is 13.0 Å². The summed E-state index contributed by atoms with van der Waals surface area (Å²) in [6, 6.07) is 10.5. The van der Waals surface area contributed by atoms with E-state index in [2.05, 4.69) is 5.32 Å². The molecule has 2 atom stereocenters. The SMILES string of the molecule is Cc1ccc(Cl)c(OC(C)C(=O)NCC(O)COc2ccc3c(c2)OCO3)c1. The van der Waals surface area contributed by atoms with Crippen LogP contribution in [0.1, 0.15) is 12.5 Å². The predicted octanol–water partition coefficient (Wildman–Crippen LogP) is 2.70. The fraction of sp³-hybridized carbons (Fsp3) is 0.350. The quantitative estimate of drug-likeness (QED) is 0.699. The largest absolute Gasteiger partial charge is 0.491 e. The third-order valence-corrected chi connectivity index (χ3v) is 4.37. The molecule has 1 aliphatic rings. The van der Waals surface area contributed by atoms with Crippen LogP contribution in [0.15, 0.2) is 36.4 Å². The Morgan fingerprint density at radius 3 is 2.86 bits per heavy atom. The van der Waals surface area contributed by atoms with Crippen molar-refractivity contribution in [3.8, 4) is 23.0 Å². The summed E-state index contributed by atoms with van der Waals surface area (Å²) < 4.78 is 21.6. The van der Waals surface area contributed by atoms with Crippen LogP contribution in [0.4, 0.5) is 0 Å². The summed E-state index contributed by atoms with van der Waals surface area (Å²) in [5.41, 5.74) is 0.975. The number of carbonyl (C=O) groups excluding carboxylic acids is 1. The number of hydrogen-bond acceptors (Lipinski definition) is 6. The Balaban J connectivity index is 1.42. The van der Waals surface area contributed by atoms with E-state index in [9.17, 15) is 9.90 Å². The summed E-state index contributed by atoms with van der Waals surface area (Å²) in [5, 5.41) is 13.1. The van der Waals surface area contributed by atoms with Gasteiger partial charge >= 0.3 is 0 Å². The lowest BCUT2D eigenvalue weighted by molar-refractivity contribution is -0.127. The zero-order valence-electron chi connectivity index (χ0n) is 15.6. The van der Waals surface area contributed by atoms with E-state index >= 15 is 0 Å². The summed E-state index contributed by atoms with van der Waals surface area (Å²) in [6.07, 6.45) is -1.65. The Hall–Kier alpha value is -2.64. The number of nitrogens with one attached hydrogen (secondary N) is 1. The second-order valence-electron chi connectivity index (χ2n) is 6.42. The molecule has 1 heterocycles. The average Bonchev–Trinajstić information content (AvgIpc) is 3.15. The van der Waals surface area contributed by atoms with Crippen LogP contribution in [0, 0.1) is 6.92 Å². The molecule has 0 spiro atoms. The molecule has 0 fully saturated rings. The van der Waals surface area contributed by atoms with Crippen molar-refractivity contribution in [2.24, 2.45) is 0 Å². The number of ether oxygens (including phenoxy) is 4. The van der Waals surface area contributed by atoms with Gasteiger partial charge in [-0.1, -0.05) is 17.7 Å². The molecule has 2 aromatic rings. The first kappa shape index (κ1) is 20.1. The second kappa shape index (κ2) is 9.03. The summed E-state index contributed by atoms with van der Waals surface area (Å²) in [6.45, 7) is 3.74. The van der Waals surface area contributed by atoms with E-state index in [4.69, 9.17) is 30.5 Å². The minimum Gasteiger partial charge on any atom is -0.491 e. The Kier molecular flexibility index (Phi) is 6.49. The molecule has 150 valence electrons. The van der Waals surface area contributed by atoms with Gasteiger partial charge in [0.1, 0.15) is 24.2 Å². The van der Waals surface area contributed by atoms with Gasteiger partial charge in [-0.2, -0.15) is 0 Å². The van der Waals surface area contributed by atoms with Gasteiger partial charge in [-0.05, 0) is 43.7 Å². The van der Waals surface area contributed by atoms with Crippen molar-refractivity contribution >= 4 is 17.5 Å². The Morgan fingerprint density at radius 1 is 1.25 bits per heavy atom. The van der Waals surface area contributed by atoms with Crippen LogP contribution in [0.5, 0.6) is 23.0 Å². The topological polar surface area (TPSA) is 86.3 Å². The van der Waals surface area contributed by atoms with Crippen molar-refractivity contribution in [2.45, 2.75) is 26.1 Å². The zero-order chi connectivity index (χ0) is 20.1. The molecule has 7 nitrogen and oxygen atoms in total. The predicted molar refractivity (Wildman–Crippen MR) is 103 cm³/mol. The standard InChI is InChI=1S/C20H22ClNO6/c1-12-3-5-16(21)18(7-12)28-13(2)20(24)22-9-14(23)10-25-15-4-6-17-19(8-15)27-11-26-17/h3-8,13-14,23H,9-11H2,1-2H3,(H,22,24). The molecule has 0 aromatic heterocycles. The third-order valence-electron chi connectivity index (χ3n) is 4.06. The third kappa shape index (κ3) is 5.21. The number of hydrogen-bond donors (Lipinski definition) is 2. The lowest BCUT2D eigenvalue weighted by Crippen LogP contribution is -2.41. The van der Waals surface area contributed by atoms with Crippen LogP contribution in [0.3, 0.4) is 0 Å². The van der Waals surface area contributed by atoms with E-state index in [-0.39, 0.29) is 25.9 Å². The molecule has 2 N–H and O–H groups in total. The van der Waals surface area contributed by atoms with Crippen molar-refractivity contribution in [3.05, 3.63) is 47.0 Å². The summed E-state index contributed by atoms with van der Waals surface area (Å²) in [4.78, 5) is 12.2. The summed E-state index contributed by atoms with van der Waals surface area (Å²) in [7, 11) is 0. The Labute approximate surface area is 168 Å². The van der Waals surface area contributed by atoms with Gasteiger partial charge < -0.3 is 29.4 Å². The molecular weight excluding hydrogens is 386 g/mol. The van der Waals surface area contributed by atoms with Crippen molar-refractivity contribution in [1.82, 2.24) is 5.32 Å². The number of halogens is 1. The summed E-state index contributed by atoms with van der Waals surface area (Å²) in [5.74, 6) is 1.88. The van der Waals surface area contributed by atoms with Gasteiger partial charge in [0.15, 0.2) is 17.6 Å². The molecule has 28 heavy (non-hydrogen) atoms. The zero-order valence-corrected chi connectivity index (χ0v) is 16.4. The van der Waals surface area contributed by atoms with Crippen LogP contribution in [0.25, 0.3) is 0 Å². The van der Waals surface area contributed by atoms with E-state index < -0.39 is 12.2 Å². The van der Waals surface area contributed by atoms with E-state index in [0.717, 1.165) is 5.56 Å². The van der Waals surface area contributed by atoms with E-state index in [0.29, 0.717) is 28.0 Å². The number of carbonyl (C=O) groups is 1. The number of aliphatic hydroxyl groups is 1. The number of rotatable bonds is 8. The van der Waals surface area contributed by atoms with E-state index in [1.54, 1.807) is 37.3 Å². The molecule has 0 saturated heterocycles. The number of aliphatic hydroxyl groups excluding tert-OH is 1. The van der Waals surface area contributed by atoms with Gasteiger partial charge in [-0.15, -0.1) is 0 Å². The molecule has 3 rings (SSSR count). The molecule has 1 aliphatic heterocycles. The molecule has 2 unspecified atom stereocenters. The maximum atomic E-state index is 12.2. The number of aryl methyl sites for hydroxylation is 1. The molecule has 0 bridgehead atoms. The smallest absolute Gasteiger partial charge is 0.260 e. The van der Waals surface area contributed by atoms with E-state index in [1.165, 1.54) is 0 Å².